The van der Waals surface area contributed by atoms with Gasteiger partial charge in [0.2, 0.25) is 0 Å². The zero-order valence-electron chi connectivity index (χ0n) is 23.8. The fourth-order valence-corrected chi connectivity index (χ4v) is 9.39. The number of fused-ring (bicyclic) bond motifs is 2. The molecule has 3 saturated carbocycles. The van der Waals surface area contributed by atoms with Crippen LogP contribution in [0.25, 0.3) is 0 Å². The third kappa shape index (κ3) is 5.32. The van der Waals surface area contributed by atoms with Crippen LogP contribution in [0, 0.1) is 29.6 Å². The van der Waals surface area contributed by atoms with Gasteiger partial charge in [-0.25, -0.2) is 0 Å². The highest BCUT2D eigenvalue weighted by atomic mass is 16.5. The van der Waals surface area contributed by atoms with E-state index in [1.165, 1.54) is 44.9 Å². The maximum absolute atomic E-state index is 11.0. The van der Waals surface area contributed by atoms with Gasteiger partial charge in [-0.3, -0.25) is 26.2 Å². The molecule has 10 nitrogen and oxygen atoms in total. The summed E-state index contributed by atoms with van der Waals surface area (Å²) in [4.78, 5) is 4.86. The summed E-state index contributed by atoms with van der Waals surface area (Å²) in [6.45, 7) is 4.47. The van der Waals surface area contributed by atoms with Crippen molar-refractivity contribution >= 4 is 0 Å². The van der Waals surface area contributed by atoms with Crippen LogP contribution in [-0.4, -0.2) is 115 Å². The minimum absolute atomic E-state index is 0.00225. The smallest absolute Gasteiger partial charge is 0.0957 e. The number of rotatable bonds is 8. The molecule has 4 heterocycles. The van der Waals surface area contributed by atoms with Crippen molar-refractivity contribution < 1.29 is 14.9 Å². The second-order valence-electron chi connectivity index (χ2n) is 14.3. The second-order valence-corrected chi connectivity index (χ2v) is 14.3. The Morgan fingerprint density at radius 1 is 0.923 bits per heavy atom. The molecule has 8 N–H and O–H groups in total. The number of likely N-dealkylation sites (tertiary alicyclic amines) is 1. The number of nitrogens with zero attached hydrogens (tertiary/aromatic N) is 2. The minimum atomic E-state index is -0.684. The molecule has 0 aromatic rings. The van der Waals surface area contributed by atoms with Crippen LogP contribution < -0.4 is 27.0 Å². The van der Waals surface area contributed by atoms with Crippen molar-refractivity contribution in [1.29, 1.82) is 0 Å². The molecule has 222 valence electrons. The van der Waals surface area contributed by atoms with Crippen molar-refractivity contribution in [3.63, 3.8) is 0 Å². The van der Waals surface area contributed by atoms with Crippen LogP contribution >= 0.6 is 0 Å². The largest absolute Gasteiger partial charge is 0.390 e. The molecule has 4 saturated heterocycles. The molecule has 11 atom stereocenters. The van der Waals surface area contributed by atoms with Crippen LogP contribution in [0.4, 0.5) is 0 Å². The van der Waals surface area contributed by atoms with E-state index in [9.17, 15) is 10.2 Å². The number of ether oxygens (including phenoxy) is 1. The number of nitrogens with one attached hydrogen (secondary N) is 4. The molecular formula is C29H53N7O3. The lowest BCUT2D eigenvalue weighted by atomic mass is 9.75. The Labute approximate surface area is 234 Å². The van der Waals surface area contributed by atoms with Crippen molar-refractivity contribution in [2.24, 2.45) is 35.3 Å². The highest BCUT2D eigenvalue weighted by Gasteiger charge is 2.51. The van der Waals surface area contributed by atoms with Gasteiger partial charge in [-0.15, -0.1) is 0 Å². The van der Waals surface area contributed by atoms with E-state index in [1.807, 2.05) is 0 Å². The second kappa shape index (κ2) is 11.4. The number of hydrogen-bond donors (Lipinski definition) is 7. The third-order valence-electron chi connectivity index (χ3n) is 12.1. The Balaban J connectivity index is 0.832. The summed E-state index contributed by atoms with van der Waals surface area (Å²) in [6.07, 6.45) is 10.3. The SMILES string of the molecule is CN(C[C@H]1C[C@@H](N2CCC3C(N)NCNC32)[C@H](O)[C@@H]1O)C1CC(CCC2NC3CCC(C4COC4)CC3N2)C1. The summed E-state index contributed by atoms with van der Waals surface area (Å²) >= 11 is 0. The van der Waals surface area contributed by atoms with Crippen LogP contribution in [-0.2, 0) is 4.74 Å². The lowest BCUT2D eigenvalue weighted by Crippen LogP contribution is -2.64. The van der Waals surface area contributed by atoms with Gasteiger partial charge < -0.3 is 25.6 Å². The molecule has 0 aromatic carbocycles. The quantitative estimate of drug-likeness (QED) is 0.211. The van der Waals surface area contributed by atoms with Crippen LogP contribution in [0.5, 0.6) is 0 Å². The van der Waals surface area contributed by atoms with Gasteiger partial charge in [0.05, 0.1) is 43.9 Å². The van der Waals surface area contributed by atoms with Gasteiger partial charge in [-0.2, -0.15) is 0 Å². The summed E-state index contributed by atoms with van der Waals surface area (Å²) in [5.74, 6) is 2.96. The van der Waals surface area contributed by atoms with Crippen LogP contribution in [0.15, 0.2) is 0 Å². The molecule has 0 aromatic heterocycles. The Morgan fingerprint density at radius 2 is 1.74 bits per heavy atom. The Hall–Kier alpha value is -0.400. The van der Waals surface area contributed by atoms with Gasteiger partial charge in [0, 0.05) is 61.7 Å². The summed E-state index contributed by atoms with van der Waals surface area (Å²) in [7, 11) is 2.22. The van der Waals surface area contributed by atoms with Gasteiger partial charge >= 0.3 is 0 Å². The lowest BCUT2D eigenvalue weighted by molar-refractivity contribution is -0.0700. The number of aliphatic hydroxyl groups excluding tert-OH is 2. The number of aliphatic hydroxyl groups is 2. The molecular weight excluding hydrogens is 494 g/mol. The summed E-state index contributed by atoms with van der Waals surface area (Å²) in [5, 5.41) is 36.7. The predicted molar refractivity (Wildman–Crippen MR) is 149 cm³/mol. The fraction of sp³-hybridized carbons (Fsp3) is 1.00. The molecule has 0 bridgehead atoms. The minimum Gasteiger partial charge on any atom is -0.390 e. The maximum atomic E-state index is 11.0. The standard InChI is InChI=1S/C29H53N7O3/c1-35(12-18-11-24(27(38)26(18)37)36-7-6-21-28(30)31-15-32-29(21)36)20-8-16(9-20)2-5-25-33-22-4-3-17(10-23(22)34-25)19-13-39-14-19/h16-29,31-34,37-38H,2-15,30H2,1H3/t16?,17?,18-,20?,21?,22?,23?,24-,25?,26-,27+,28?,29?/m1/s1. The van der Waals surface area contributed by atoms with E-state index in [-0.39, 0.29) is 24.3 Å². The fourth-order valence-electron chi connectivity index (χ4n) is 9.39. The van der Waals surface area contributed by atoms with Crippen molar-refractivity contribution in [3.05, 3.63) is 0 Å². The maximum Gasteiger partial charge on any atom is 0.0957 e. The molecule has 39 heavy (non-hydrogen) atoms. The van der Waals surface area contributed by atoms with Gasteiger partial charge in [-0.05, 0) is 76.7 Å². The topological polar surface area (TPSA) is 130 Å². The zero-order chi connectivity index (χ0) is 26.7. The van der Waals surface area contributed by atoms with E-state index in [1.54, 1.807) is 0 Å². The van der Waals surface area contributed by atoms with E-state index in [4.69, 9.17) is 10.5 Å². The first-order chi connectivity index (χ1) is 18.9. The molecule has 3 aliphatic carbocycles. The molecule has 7 rings (SSSR count). The Bertz CT molecular complexity index is 844. The van der Waals surface area contributed by atoms with Crippen LogP contribution in [0.2, 0.25) is 0 Å². The van der Waals surface area contributed by atoms with Crippen molar-refractivity contribution in [2.75, 3.05) is 40.0 Å². The van der Waals surface area contributed by atoms with Crippen molar-refractivity contribution in [3.8, 4) is 0 Å². The third-order valence-corrected chi connectivity index (χ3v) is 12.1. The average molecular weight is 548 g/mol. The summed E-state index contributed by atoms with van der Waals surface area (Å²) in [6, 6.07) is 1.93. The van der Waals surface area contributed by atoms with E-state index in [2.05, 4.69) is 38.1 Å². The first kappa shape index (κ1) is 27.4. The van der Waals surface area contributed by atoms with Crippen molar-refractivity contribution in [2.45, 2.75) is 113 Å². The van der Waals surface area contributed by atoms with Gasteiger partial charge in [0.15, 0.2) is 0 Å². The number of nitrogens with two attached hydrogens (primary N) is 1. The molecule has 0 spiro atoms. The van der Waals surface area contributed by atoms with E-state index < -0.39 is 12.2 Å². The molecule has 7 unspecified atom stereocenters. The van der Waals surface area contributed by atoms with Crippen molar-refractivity contribution in [1.82, 2.24) is 31.1 Å². The lowest BCUT2D eigenvalue weighted by Gasteiger charge is -2.43. The molecule has 7 aliphatic rings. The zero-order valence-corrected chi connectivity index (χ0v) is 23.8. The van der Waals surface area contributed by atoms with Gasteiger partial charge in [0.25, 0.3) is 0 Å². The molecule has 4 aliphatic heterocycles. The Morgan fingerprint density at radius 3 is 2.54 bits per heavy atom. The van der Waals surface area contributed by atoms with Crippen LogP contribution in [0.1, 0.15) is 57.8 Å². The van der Waals surface area contributed by atoms with Crippen LogP contribution in [0.3, 0.4) is 0 Å². The summed E-state index contributed by atoms with van der Waals surface area (Å²) in [5.41, 5.74) is 6.30. The highest BCUT2D eigenvalue weighted by molar-refractivity contribution is 5.04. The van der Waals surface area contributed by atoms with E-state index >= 15 is 0 Å². The molecule has 10 heteroatoms. The molecule has 7 fully saturated rings. The number of hydrogen-bond acceptors (Lipinski definition) is 10. The molecule has 0 amide bonds. The first-order valence-electron chi connectivity index (χ1n) is 16.1. The average Bonchev–Trinajstić information content (AvgIpc) is 3.54. The summed E-state index contributed by atoms with van der Waals surface area (Å²) < 4.78 is 5.45. The Kier molecular flexibility index (Phi) is 7.99. The molecule has 0 radical (unpaired) electrons. The predicted octanol–water partition coefficient (Wildman–Crippen LogP) is -0.627. The van der Waals surface area contributed by atoms with E-state index in [0.29, 0.717) is 36.9 Å². The monoisotopic (exact) mass is 547 g/mol. The first-order valence-corrected chi connectivity index (χ1v) is 16.1. The van der Waals surface area contributed by atoms with Gasteiger partial charge in [-0.1, -0.05) is 0 Å². The highest BCUT2D eigenvalue weighted by Crippen LogP contribution is 2.40. The van der Waals surface area contributed by atoms with Gasteiger partial charge in [0.1, 0.15) is 0 Å². The van der Waals surface area contributed by atoms with E-state index in [0.717, 1.165) is 56.9 Å². The normalized spacial score (nSPS) is 50.5.